The van der Waals surface area contributed by atoms with Crippen molar-refractivity contribution < 1.29 is 9.90 Å². The zero-order chi connectivity index (χ0) is 13.8. The molecule has 0 saturated carbocycles. The van der Waals surface area contributed by atoms with Gasteiger partial charge >= 0.3 is 5.97 Å². The van der Waals surface area contributed by atoms with Crippen molar-refractivity contribution in [3.8, 4) is 0 Å². The highest BCUT2D eigenvalue weighted by Gasteiger charge is 2.32. The van der Waals surface area contributed by atoms with E-state index in [9.17, 15) is 9.59 Å². The Morgan fingerprint density at radius 1 is 1.56 bits per heavy atom. The second-order valence-corrected chi connectivity index (χ2v) is 6.25. The lowest BCUT2D eigenvalue weighted by Gasteiger charge is -2.28. The smallest absolute Gasteiger partial charge is 0.321 e. The molecule has 1 aromatic heterocycles. The van der Waals surface area contributed by atoms with Crippen molar-refractivity contribution in [3.63, 3.8) is 0 Å². The summed E-state index contributed by atoms with van der Waals surface area (Å²) in [6, 6.07) is 4.06. The molecular weight excluding hydrogens is 252 g/mol. The van der Waals surface area contributed by atoms with E-state index in [0.29, 0.717) is 12.3 Å². The van der Waals surface area contributed by atoms with Gasteiger partial charge in [0.1, 0.15) is 6.04 Å². The van der Waals surface area contributed by atoms with E-state index < -0.39 is 16.8 Å². The van der Waals surface area contributed by atoms with Crippen molar-refractivity contribution in [1.82, 2.24) is 4.57 Å². The normalized spacial score (nSPS) is 13.3. The topological polar surface area (TPSA) is 85.3 Å². The molecule has 0 spiro atoms. The number of hydrogen-bond donors (Lipinski definition) is 2. The Kier molecular flexibility index (Phi) is 4.98. The molecule has 0 unspecified atom stereocenters. The first-order valence-electron chi connectivity index (χ1n) is 5.62. The first-order chi connectivity index (χ1) is 8.34. The van der Waals surface area contributed by atoms with Crippen molar-refractivity contribution in [3.05, 3.63) is 34.7 Å². The number of nitrogens with two attached hydrogens (primary N) is 1. The Hall–Kier alpha value is -1.27. The van der Waals surface area contributed by atoms with Crippen LogP contribution in [0.5, 0.6) is 0 Å². The zero-order valence-electron chi connectivity index (χ0n) is 10.5. The van der Waals surface area contributed by atoms with Crippen LogP contribution >= 0.6 is 11.8 Å². The Morgan fingerprint density at radius 2 is 2.22 bits per heavy atom. The number of carbonyl (C=O) groups is 1. The van der Waals surface area contributed by atoms with E-state index >= 15 is 0 Å². The number of rotatable bonds is 6. The SMILES string of the molecule is CC(C)(SCCn1ccccc1=O)[C@H](N)C(=O)O. The molecule has 3 N–H and O–H groups in total. The molecule has 0 saturated heterocycles. The highest BCUT2D eigenvalue weighted by atomic mass is 32.2. The van der Waals surface area contributed by atoms with E-state index in [4.69, 9.17) is 10.8 Å². The largest absolute Gasteiger partial charge is 0.480 e. The number of carboxylic acid groups (broad SMARTS) is 1. The molecule has 0 bridgehead atoms. The van der Waals surface area contributed by atoms with Gasteiger partial charge in [-0.15, -0.1) is 0 Å². The van der Waals surface area contributed by atoms with Crippen LogP contribution in [0.15, 0.2) is 29.2 Å². The summed E-state index contributed by atoms with van der Waals surface area (Å²) in [7, 11) is 0. The maximum absolute atomic E-state index is 11.5. The third-order valence-corrected chi connectivity index (χ3v) is 4.10. The summed E-state index contributed by atoms with van der Waals surface area (Å²) in [5.74, 6) is -0.373. The van der Waals surface area contributed by atoms with E-state index in [0.717, 1.165) is 0 Å². The molecule has 0 aromatic carbocycles. The number of carboxylic acids is 1. The lowest BCUT2D eigenvalue weighted by atomic mass is 10.1. The predicted molar refractivity (Wildman–Crippen MR) is 72.9 cm³/mol. The monoisotopic (exact) mass is 270 g/mol. The van der Waals surface area contributed by atoms with E-state index in [1.807, 2.05) is 0 Å². The highest BCUT2D eigenvalue weighted by molar-refractivity contribution is 8.00. The number of nitrogens with zero attached hydrogens (tertiary/aromatic N) is 1. The summed E-state index contributed by atoms with van der Waals surface area (Å²) in [5.41, 5.74) is 5.56. The average Bonchev–Trinajstić information content (AvgIpc) is 2.30. The predicted octanol–water partition coefficient (Wildman–Crippen LogP) is 0.772. The van der Waals surface area contributed by atoms with Crippen LogP contribution in [0.4, 0.5) is 0 Å². The Labute approximate surface area is 110 Å². The van der Waals surface area contributed by atoms with Gasteiger partial charge in [0.2, 0.25) is 0 Å². The summed E-state index contributed by atoms with van der Waals surface area (Å²) in [6.45, 7) is 4.13. The van der Waals surface area contributed by atoms with Crippen molar-refractivity contribution in [2.45, 2.75) is 31.2 Å². The Balaban J connectivity index is 2.54. The summed E-state index contributed by atoms with van der Waals surface area (Å²) in [4.78, 5) is 22.3. The van der Waals surface area contributed by atoms with Crippen LogP contribution in [0.3, 0.4) is 0 Å². The van der Waals surface area contributed by atoms with Gasteiger partial charge in [-0.25, -0.2) is 0 Å². The zero-order valence-corrected chi connectivity index (χ0v) is 11.3. The second kappa shape index (κ2) is 6.06. The molecule has 1 aromatic rings. The minimum absolute atomic E-state index is 0.0570. The van der Waals surface area contributed by atoms with Gasteiger partial charge in [0.15, 0.2) is 0 Å². The molecule has 1 atom stereocenters. The first kappa shape index (κ1) is 14.8. The van der Waals surface area contributed by atoms with Crippen LogP contribution in [0.25, 0.3) is 0 Å². The van der Waals surface area contributed by atoms with Crippen molar-refractivity contribution in [2.75, 3.05) is 5.75 Å². The molecule has 0 aliphatic heterocycles. The van der Waals surface area contributed by atoms with Crippen LogP contribution in [-0.2, 0) is 11.3 Å². The first-order valence-corrected chi connectivity index (χ1v) is 6.61. The summed E-state index contributed by atoms with van der Waals surface area (Å²) in [5, 5.41) is 8.88. The summed E-state index contributed by atoms with van der Waals surface area (Å²) in [6.07, 6.45) is 1.72. The maximum atomic E-state index is 11.5. The molecule has 5 nitrogen and oxygen atoms in total. The van der Waals surface area contributed by atoms with E-state index in [1.165, 1.54) is 17.8 Å². The molecule has 0 amide bonds. The number of aryl methyl sites for hydroxylation is 1. The van der Waals surface area contributed by atoms with Gasteiger partial charge in [-0.05, 0) is 19.9 Å². The highest BCUT2D eigenvalue weighted by Crippen LogP contribution is 2.27. The lowest BCUT2D eigenvalue weighted by Crippen LogP contribution is -2.47. The Morgan fingerprint density at radius 3 is 2.78 bits per heavy atom. The van der Waals surface area contributed by atoms with E-state index in [-0.39, 0.29) is 5.56 Å². The van der Waals surface area contributed by atoms with Crippen LogP contribution in [0.1, 0.15) is 13.8 Å². The van der Waals surface area contributed by atoms with Crippen LogP contribution in [0.2, 0.25) is 0 Å². The molecule has 0 aliphatic carbocycles. The quantitative estimate of drug-likeness (QED) is 0.797. The third kappa shape index (κ3) is 3.89. The molecule has 1 rings (SSSR count). The molecule has 1 heterocycles. The summed E-state index contributed by atoms with van der Waals surface area (Å²) >= 11 is 1.45. The summed E-state index contributed by atoms with van der Waals surface area (Å²) < 4.78 is 1.03. The maximum Gasteiger partial charge on any atom is 0.321 e. The van der Waals surface area contributed by atoms with Gasteiger partial charge < -0.3 is 15.4 Å². The van der Waals surface area contributed by atoms with Gasteiger partial charge in [0, 0.05) is 29.3 Å². The lowest BCUT2D eigenvalue weighted by molar-refractivity contribution is -0.139. The number of thioether (sulfide) groups is 1. The number of pyridine rings is 1. The van der Waals surface area contributed by atoms with Crippen LogP contribution in [-0.4, -0.2) is 32.2 Å². The van der Waals surface area contributed by atoms with Crippen LogP contribution < -0.4 is 11.3 Å². The van der Waals surface area contributed by atoms with E-state index in [2.05, 4.69) is 0 Å². The molecule has 6 heteroatoms. The molecule has 0 aliphatic rings. The Bertz CT molecular complexity index is 470. The number of aliphatic carboxylic acids is 1. The average molecular weight is 270 g/mol. The molecule has 100 valence electrons. The van der Waals surface area contributed by atoms with Gasteiger partial charge in [-0.3, -0.25) is 9.59 Å². The van der Waals surface area contributed by atoms with Gasteiger partial charge in [0.25, 0.3) is 5.56 Å². The molecule has 0 fully saturated rings. The second-order valence-electron chi connectivity index (χ2n) is 4.50. The molecular formula is C12H18N2O3S. The van der Waals surface area contributed by atoms with Gasteiger partial charge in [-0.2, -0.15) is 11.8 Å². The van der Waals surface area contributed by atoms with Crippen molar-refractivity contribution >= 4 is 17.7 Å². The van der Waals surface area contributed by atoms with Crippen LogP contribution in [0, 0.1) is 0 Å². The fraction of sp³-hybridized carbons (Fsp3) is 0.500. The van der Waals surface area contributed by atoms with Crippen molar-refractivity contribution in [1.29, 1.82) is 0 Å². The number of aromatic nitrogens is 1. The molecule has 0 radical (unpaired) electrons. The molecule has 18 heavy (non-hydrogen) atoms. The minimum atomic E-state index is -1.01. The van der Waals surface area contributed by atoms with Crippen molar-refractivity contribution in [2.24, 2.45) is 5.73 Å². The third-order valence-electron chi connectivity index (χ3n) is 2.72. The van der Waals surface area contributed by atoms with E-state index in [1.54, 1.807) is 36.7 Å². The standard InChI is InChI=1S/C12H18N2O3S/c1-12(2,10(13)11(16)17)18-8-7-14-6-4-3-5-9(14)15/h3-6,10H,7-8,13H2,1-2H3,(H,16,17)/t10-/m1/s1. The fourth-order valence-electron chi connectivity index (χ4n) is 1.44. The van der Waals surface area contributed by atoms with Gasteiger partial charge in [-0.1, -0.05) is 6.07 Å². The van der Waals surface area contributed by atoms with Gasteiger partial charge in [0.05, 0.1) is 0 Å². The fourth-order valence-corrected chi connectivity index (χ4v) is 2.53. The number of hydrogen-bond acceptors (Lipinski definition) is 4. The minimum Gasteiger partial charge on any atom is -0.480 e.